The summed E-state index contributed by atoms with van der Waals surface area (Å²) < 4.78 is 28.1. The highest BCUT2D eigenvalue weighted by Crippen LogP contribution is 2.22. The molecule has 13 heavy (non-hydrogen) atoms. The van der Waals surface area contributed by atoms with Gasteiger partial charge in [-0.15, -0.1) is 0 Å². The van der Waals surface area contributed by atoms with Gasteiger partial charge in [0, 0.05) is 0 Å². The lowest BCUT2D eigenvalue weighted by atomic mass is 10.5. The summed E-state index contributed by atoms with van der Waals surface area (Å²) in [6, 6.07) is 2.59. The highest BCUT2D eigenvalue weighted by Gasteiger charge is 2.10. The second kappa shape index (κ2) is 4.27. The first-order valence-electron chi connectivity index (χ1n) is 3.33. The van der Waals surface area contributed by atoms with Gasteiger partial charge in [-0.25, -0.2) is 13.6 Å². The van der Waals surface area contributed by atoms with Gasteiger partial charge in [-0.2, -0.15) is 0 Å². The largest absolute Gasteiger partial charge is 0.475 e. The molecule has 6 heteroatoms. The van der Waals surface area contributed by atoms with Crippen LogP contribution in [0.2, 0.25) is 0 Å². The first-order chi connectivity index (χ1) is 6.09. The fourth-order valence-electron chi connectivity index (χ4n) is 0.658. The van der Waals surface area contributed by atoms with Crippen molar-refractivity contribution < 1.29 is 23.1 Å². The second-order valence-corrected chi connectivity index (χ2v) is 3.15. The Kier molecular flexibility index (Phi) is 3.30. The van der Waals surface area contributed by atoms with Crippen molar-refractivity contribution in [2.45, 2.75) is 11.5 Å². The van der Waals surface area contributed by atoms with E-state index in [0.717, 1.165) is 11.8 Å². The predicted octanol–water partition coefficient (Wildman–Crippen LogP) is 2.33. The van der Waals surface area contributed by atoms with Crippen molar-refractivity contribution in [1.82, 2.24) is 0 Å². The maximum absolute atomic E-state index is 11.7. The lowest BCUT2D eigenvalue weighted by Crippen LogP contribution is -1.93. The van der Waals surface area contributed by atoms with E-state index in [0.29, 0.717) is 0 Å². The van der Waals surface area contributed by atoms with Gasteiger partial charge >= 0.3 is 5.97 Å². The van der Waals surface area contributed by atoms with Crippen molar-refractivity contribution in [3.05, 3.63) is 17.9 Å². The summed E-state index contributed by atoms with van der Waals surface area (Å²) in [5.41, 5.74) is 0. The molecule has 0 atom stereocenters. The van der Waals surface area contributed by atoms with E-state index in [1.807, 2.05) is 0 Å². The third-order valence-corrected chi connectivity index (χ3v) is 2.07. The number of thioether (sulfide) groups is 1. The highest BCUT2D eigenvalue weighted by molar-refractivity contribution is 7.99. The Balaban J connectivity index is 2.54. The van der Waals surface area contributed by atoms with Crippen LogP contribution in [0.5, 0.6) is 0 Å². The molecule has 0 fully saturated rings. The van der Waals surface area contributed by atoms with Gasteiger partial charge < -0.3 is 9.52 Å². The molecule has 0 saturated carbocycles. The predicted molar refractivity (Wildman–Crippen MR) is 42.4 cm³/mol. The minimum Gasteiger partial charge on any atom is -0.475 e. The van der Waals surface area contributed by atoms with Crippen LogP contribution in [0.15, 0.2) is 21.6 Å². The summed E-state index contributed by atoms with van der Waals surface area (Å²) in [7, 11) is 0. The van der Waals surface area contributed by atoms with E-state index in [2.05, 4.69) is 0 Å². The zero-order valence-electron chi connectivity index (χ0n) is 6.37. The second-order valence-electron chi connectivity index (χ2n) is 2.13. The maximum Gasteiger partial charge on any atom is 0.371 e. The van der Waals surface area contributed by atoms with E-state index in [1.165, 1.54) is 12.1 Å². The molecule has 1 aromatic rings. The first kappa shape index (κ1) is 10.0. The Hall–Kier alpha value is -1.04. The molecular weight excluding hydrogens is 202 g/mol. The van der Waals surface area contributed by atoms with Crippen molar-refractivity contribution in [3.8, 4) is 0 Å². The van der Waals surface area contributed by atoms with Crippen LogP contribution in [0.4, 0.5) is 8.78 Å². The quantitative estimate of drug-likeness (QED) is 0.771. The van der Waals surface area contributed by atoms with Crippen LogP contribution >= 0.6 is 11.8 Å². The van der Waals surface area contributed by atoms with Crippen LogP contribution < -0.4 is 0 Å². The number of hydrogen-bond acceptors (Lipinski definition) is 3. The summed E-state index contributed by atoms with van der Waals surface area (Å²) in [5, 5.41) is 8.62. The van der Waals surface area contributed by atoms with E-state index >= 15 is 0 Å². The number of hydrogen-bond donors (Lipinski definition) is 1. The van der Waals surface area contributed by atoms with Gasteiger partial charge in [0.25, 0.3) is 0 Å². The van der Waals surface area contributed by atoms with Gasteiger partial charge in [0.1, 0.15) is 0 Å². The molecule has 0 spiro atoms. The van der Waals surface area contributed by atoms with Gasteiger partial charge in [0.2, 0.25) is 12.2 Å². The number of carbonyl (C=O) groups is 1. The minimum atomic E-state index is -2.43. The Bertz CT molecular complexity index is 298. The number of aromatic carboxylic acids is 1. The van der Waals surface area contributed by atoms with E-state index in [1.54, 1.807) is 0 Å². The number of rotatable bonds is 4. The molecule has 0 saturated heterocycles. The molecular formula is C7H6F2O3S. The fourth-order valence-corrected chi connectivity index (χ4v) is 1.26. The molecule has 1 heterocycles. The summed E-state index contributed by atoms with van der Waals surface area (Å²) in [4.78, 5) is 10.3. The molecule has 1 N–H and O–H groups in total. The molecule has 0 radical (unpaired) electrons. The van der Waals surface area contributed by atoms with E-state index in [4.69, 9.17) is 9.52 Å². The zero-order chi connectivity index (χ0) is 9.84. The number of carboxylic acid groups (broad SMARTS) is 1. The molecule has 72 valence electrons. The molecule has 0 aliphatic rings. The van der Waals surface area contributed by atoms with Crippen molar-refractivity contribution >= 4 is 17.7 Å². The van der Waals surface area contributed by atoms with Crippen LogP contribution in [-0.2, 0) is 0 Å². The van der Waals surface area contributed by atoms with Crippen molar-refractivity contribution in [1.29, 1.82) is 0 Å². The van der Waals surface area contributed by atoms with Crippen LogP contribution in [-0.4, -0.2) is 23.3 Å². The van der Waals surface area contributed by atoms with Crippen molar-refractivity contribution in [2.24, 2.45) is 0 Å². The summed E-state index contributed by atoms with van der Waals surface area (Å²) in [6.45, 7) is 0. The Labute approximate surface area is 76.7 Å². The normalized spacial score (nSPS) is 10.7. The third kappa shape index (κ3) is 3.06. The zero-order valence-corrected chi connectivity index (χ0v) is 7.18. The highest BCUT2D eigenvalue weighted by atomic mass is 32.2. The molecule has 0 unspecified atom stereocenters. The van der Waals surface area contributed by atoms with Crippen molar-refractivity contribution in [2.75, 3.05) is 5.75 Å². The first-order valence-corrected chi connectivity index (χ1v) is 4.32. The van der Waals surface area contributed by atoms with Crippen molar-refractivity contribution in [3.63, 3.8) is 0 Å². The van der Waals surface area contributed by atoms with Gasteiger partial charge in [-0.1, -0.05) is 11.8 Å². The van der Waals surface area contributed by atoms with Crippen LogP contribution in [0.25, 0.3) is 0 Å². The van der Waals surface area contributed by atoms with Gasteiger partial charge in [0.15, 0.2) is 5.09 Å². The molecule has 0 bridgehead atoms. The number of carboxylic acids is 1. The van der Waals surface area contributed by atoms with E-state index in [-0.39, 0.29) is 10.9 Å². The van der Waals surface area contributed by atoms with E-state index in [9.17, 15) is 13.6 Å². The Morgan fingerprint density at radius 1 is 1.62 bits per heavy atom. The average Bonchev–Trinajstić information content (AvgIpc) is 2.48. The fraction of sp³-hybridized carbons (Fsp3) is 0.286. The molecule has 1 aromatic heterocycles. The standard InChI is InChI=1S/C7H6F2O3S/c8-5(9)3-13-6-2-1-4(12-6)7(10)11/h1-2,5H,3H2,(H,10,11). The van der Waals surface area contributed by atoms with Crippen LogP contribution in [0.3, 0.4) is 0 Å². The molecule has 1 rings (SSSR count). The van der Waals surface area contributed by atoms with Gasteiger partial charge in [-0.05, 0) is 12.1 Å². The van der Waals surface area contributed by atoms with E-state index < -0.39 is 18.1 Å². The topological polar surface area (TPSA) is 50.4 Å². The molecule has 0 aliphatic heterocycles. The van der Waals surface area contributed by atoms with Crippen LogP contribution in [0, 0.1) is 0 Å². The smallest absolute Gasteiger partial charge is 0.371 e. The monoisotopic (exact) mass is 208 g/mol. The van der Waals surface area contributed by atoms with Gasteiger partial charge in [0.05, 0.1) is 5.75 Å². The van der Waals surface area contributed by atoms with Gasteiger partial charge in [-0.3, -0.25) is 0 Å². The summed E-state index contributed by atoms with van der Waals surface area (Å²) >= 11 is 0.787. The molecule has 3 nitrogen and oxygen atoms in total. The maximum atomic E-state index is 11.7. The molecule has 0 aliphatic carbocycles. The van der Waals surface area contributed by atoms with Crippen LogP contribution in [0.1, 0.15) is 10.6 Å². The number of alkyl halides is 2. The lowest BCUT2D eigenvalue weighted by Gasteiger charge is -1.94. The number of furan rings is 1. The SMILES string of the molecule is O=C(O)c1ccc(SCC(F)F)o1. The summed E-state index contributed by atoms with van der Waals surface area (Å²) in [5.74, 6) is -1.84. The summed E-state index contributed by atoms with van der Waals surface area (Å²) in [6.07, 6.45) is -2.43. The molecule has 0 aromatic carbocycles. The molecule has 0 amide bonds. The average molecular weight is 208 g/mol. The third-order valence-electron chi connectivity index (χ3n) is 1.14. The Morgan fingerprint density at radius 3 is 2.77 bits per heavy atom. The number of halogens is 2. The lowest BCUT2D eigenvalue weighted by molar-refractivity contribution is 0.0656. The Morgan fingerprint density at radius 2 is 2.31 bits per heavy atom. The minimum absolute atomic E-state index is 0.192.